The van der Waals surface area contributed by atoms with Crippen molar-refractivity contribution in [1.82, 2.24) is 10.1 Å². The maximum atomic E-state index is 11.6. The molecule has 2 rings (SSSR count). The number of hydrogen-bond donors (Lipinski definition) is 0. The molecule has 0 fully saturated rings. The van der Waals surface area contributed by atoms with Crippen LogP contribution < -0.4 is 0 Å². The summed E-state index contributed by atoms with van der Waals surface area (Å²) in [5, 5.41) is 4.06. The first-order chi connectivity index (χ1) is 9.09. The Bertz CT molecular complexity index is 598. The lowest BCUT2D eigenvalue weighted by Crippen LogP contribution is -2.18. The van der Waals surface area contributed by atoms with E-state index in [0.29, 0.717) is 5.76 Å². The van der Waals surface area contributed by atoms with Gasteiger partial charge in [0.2, 0.25) is 5.91 Å². The van der Waals surface area contributed by atoms with Crippen molar-refractivity contribution < 1.29 is 9.32 Å². The minimum Gasteiger partial charge on any atom is -0.360 e. The lowest BCUT2D eigenvalue weighted by Gasteiger charge is -2.05. The third-order valence-electron chi connectivity index (χ3n) is 2.79. The highest BCUT2D eigenvalue weighted by Crippen LogP contribution is 2.26. The zero-order chi connectivity index (χ0) is 13.8. The van der Waals surface area contributed by atoms with Crippen LogP contribution in [0, 0.1) is 6.92 Å². The van der Waals surface area contributed by atoms with Crippen LogP contribution in [0.25, 0.3) is 17.3 Å². The number of carbonyl (C=O) groups excluding carboxylic acids is 1. The molecule has 0 spiro atoms. The quantitative estimate of drug-likeness (QED) is 0.793. The Morgan fingerprint density at radius 2 is 1.95 bits per heavy atom. The van der Waals surface area contributed by atoms with Crippen molar-refractivity contribution in [1.29, 1.82) is 0 Å². The van der Waals surface area contributed by atoms with Crippen LogP contribution in [0.1, 0.15) is 11.3 Å². The zero-order valence-electron chi connectivity index (χ0n) is 11.3. The molecular formula is C15H16N2O2. The summed E-state index contributed by atoms with van der Waals surface area (Å²) >= 11 is 0. The van der Waals surface area contributed by atoms with E-state index in [9.17, 15) is 4.79 Å². The highest BCUT2D eigenvalue weighted by molar-refractivity contribution is 5.92. The predicted molar refractivity (Wildman–Crippen MR) is 74.4 cm³/mol. The van der Waals surface area contributed by atoms with Crippen LogP contribution >= 0.6 is 0 Å². The number of aromatic nitrogens is 1. The van der Waals surface area contributed by atoms with E-state index < -0.39 is 0 Å². The number of rotatable bonds is 3. The molecule has 0 bridgehead atoms. The van der Waals surface area contributed by atoms with Gasteiger partial charge in [-0.25, -0.2) is 0 Å². The van der Waals surface area contributed by atoms with Gasteiger partial charge < -0.3 is 9.42 Å². The van der Waals surface area contributed by atoms with Crippen molar-refractivity contribution >= 4 is 12.0 Å². The maximum absolute atomic E-state index is 11.6. The van der Waals surface area contributed by atoms with E-state index in [1.807, 2.05) is 37.3 Å². The first-order valence-corrected chi connectivity index (χ1v) is 6.00. The largest absolute Gasteiger partial charge is 0.360 e. The van der Waals surface area contributed by atoms with E-state index in [-0.39, 0.29) is 5.91 Å². The van der Waals surface area contributed by atoms with Crippen molar-refractivity contribution in [3.05, 3.63) is 47.7 Å². The zero-order valence-corrected chi connectivity index (χ0v) is 11.3. The molecule has 1 aromatic heterocycles. The van der Waals surface area contributed by atoms with Gasteiger partial charge in [-0.2, -0.15) is 0 Å². The van der Waals surface area contributed by atoms with Crippen LogP contribution in [0.4, 0.5) is 0 Å². The molecule has 0 radical (unpaired) electrons. The van der Waals surface area contributed by atoms with Gasteiger partial charge in [0.05, 0.1) is 0 Å². The SMILES string of the molecule is Cc1onc(-c2ccccc2)c1C=CC(=O)N(C)C. The van der Waals surface area contributed by atoms with Crippen molar-refractivity contribution in [2.45, 2.75) is 6.92 Å². The molecule has 0 unspecified atom stereocenters. The molecule has 0 aliphatic carbocycles. The smallest absolute Gasteiger partial charge is 0.246 e. The normalized spacial score (nSPS) is 10.9. The van der Waals surface area contributed by atoms with Gasteiger partial charge in [-0.05, 0) is 13.0 Å². The van der Waals surface area contributed by atoms with E-state index in [2.05, 4.69) is 5.16 Å². The Morgan fingerprint density at radius 1 is 1.26 bits per heavy atom. The fourth-order valence-electron chi connectivity index (χ4n) is 1.68. The Labute approximate surface area is 112 Å². The summed E-state index contributed by atoms with van der Waals surface area (Å²) in [6.45, 7) is 1.83. The highest BCUT2D eigenvalue weighted by Gasteiger charge is 2.12. The third kappa shape index (κ3) is 2.91. The molecule has 0 aliphatic heterocycles. The number of aryl methyl sites for hydroxylation is 1. The van der Waals surface area contributed by atoms with E-state index in [1.165, 1.54) is 11.0 Å². The Hall–Kier alpha value is -2.36. The van der Waals surface area contributed by atoms with Gasteiger partial charge in [0.25, 0.3) is 0 Å². The minimum atomic E-state index is -0.0698. The van der Waals surface area contributed by atoms with Gasteiger partial charge in [-0.1, -0.05) is 35.5 Å². The van der Waals surface area contributed by atoms with Crippen molar-refractivity contribution in [3.63, 3.8) is 0 Å². The Kier molecular flexibility index (Phi) is 3.80. The first kappa shape index (κ1) is 13.1. The number of benzene rings is 1. The van der Waals surface area contributed by atoms with Gasteiger partial charge in [-0.3, -0.25) is 4.79 Å². The molecule has 0 saturated carbocycles. The molecule has 0 atom stereocenters. The summed E-state index contributed by atoms with van der Waals surface area (Å²) in [6.07, 6.45) is 3.27. The molecule has 0 N–H and O–H groups in total. The molecule has 0 saturated heterocycles. The second-order valence-corrected chi connectivity index (χ2v) is 4.43. The average Bonchev–Trinajstić information content (AvgIpc) is 2.78. The van der Waals surface area contributed by atoms with Crippen molar-refractivity contribution in [3.8, 4) is 11.3 Å². The molecule has 4 heteroatoms. The highest BCUT2D eigenvalue weighted by atomic mass is 16.5. The lowest BCUT2D eigenvalue weighted by molar-refractivity contribution is -0.123. The van der Waals surface area contributed by atoms with Crippen molar-refractivity contribution in [2.75, 3.05) is 14.1 Å². The molecule has 1 heterocycles. The summed E-state index contributed by atoms with van der Waals surface area (Å²) in [7, 11) is 3.43. The van der Waals surface area contributed by atoms with Crippen molar-refractivity contribution in [2.24, 2.45) is 0 Å². The maximum Gasteiger partial charge on any atom is 0.246 e. The van der Waals surface area contributed by atoms with Gasteiger partial charge in [0.1, 0.15) is 11.5 Å². The third-order valence-corrected chi connectivity index (χ3v) is 2.79. The summed E-state index contributed by atoms with van der Waals surface area (Å²) < 4.78 is 5.22. The topological polar surface area (TPSA) is 46.3 Å². The van der Waals surface area contributed by atoms with E-state index in [4.69, 9.17) is 4.52 Å². The summed E-state index contributed by atoms with van der Waals surface area (Å²) in [5.74, 6) is 0.626. The van der Waals surface area contributed by atoms with E-state index >= 15 is 0 Å². The van der Waals surface area contributed by atoms with Gasteiger partial charge in [0, 0.05) is 31.3 Å². The molecule has 4 nitrogen and oxygen atoms in total. The number of likely N-dealkylation sites (N-methyl/N-ethyl adjacent to an activating group) is 1. The number of carbonyl (C=O) groups is 1. The molecular weight excluding hydrogens is 240 g/mol. The summed E-state index contributed by atoms with van der Waals surface area (Å²) in [4.78, 5) is 13.1. The molecule has 98 valence electrons. The van der Waals surface area contributed by atoms with Gasteiger partial charge in [-0.15, -0.1) is 0 Å². The minimum absolute atomic E-state index is 0.0698. The predicted octanol–water partition coefficient (Wildman–Crippen LogP) is 2.75. The van der Waals surface area contributed by atoms with Gasteiger partial charge >= 0.3 is 0 Å². The fourth-order valence-corrected chi connectivity index (χ4v) is 1.68. The summed E-state index contributed by atoms with van der Waals surface area (Å²) in [6, 6.07) is 9.75. The molecule has 2 aromatic rings. The number of amides is 1. The van der Waals surface area contributed by atoms with E-state index in [0.717, 1.165) is 16.8 Å². The second kappa shape index (κ2) is 5.52. The molecule has 19 heavy (non-hydrogen) atoms. The lowest BCUT2D eigenvalue weighted by atomic mass is 10.1. The van der Waals surface area contributed by atoms with E-state index in [1.54, 1.807) is 20.2 Å². The van der Waals surface area contributed by atoms with Gasteiger partial charge in [0.15, 0.2) is 0 Å². The molecule has 1 amide bonds. The standard InChI is InChI=1S/C15H16N2O2/c1-11-13(9-10-14(18)17(2)3)15(16-19-11)12-7-5-4-6-8-12/h4-10H,1-3H3. The number of nitrogens with zero attached hydrogens (tertiary/aromatic N) is 2. The summed E-state index contributed by atoms with van der Waals surface area (Å²) in [5.41, 5.74) is 2.55. The van der Waals surface area contributed by atoms with Crippen LogP contribution in [-0.4, -0.2) is 30.1 Å². The Balaban J connectivity index is 2.37. The molecule has 0 aliphatic rings. The second-order valence-electron chi connectivity index (χ2n) is 4.43. The monoisotopic (exact) mass is 256 g/mol. The average molecular weight is 256 g/mol. The van der Waals surface area contributed by atoms with Crippen LogP contribution in [-0.2, 0) is 4.79 Å². The van der Waals surface area contributed by atoms with Crippen LogP contribution in [0.15, 0.2) is 40.9 Å². The molecule has 1 aromatic carbocycles. The number of hydrogen-bond acceptors (Lipinski definition) is 3. The van der Waals surface area contributed by atoms with Crippen LogP contribution in [0.3, 0.4) is 0 Å². The Morgan fingerprint density at radius 3 is 2.58 bits per heavy atom. The van der Waals surface area contributed by atoms with Crippen LogP contribution in [0.2, 0.25) is 0 Å². The first-order valence-electron chi connectivity index (χ1n) is 6.00. The van der Waals surface area contributed by atoms with Crippen LogP contribution in [0.5, 0.6) is 0 Å². The fraction of sp³-hybridized carbons (Fsp3) is 0.200.